The van der Waals surface area contributed by atoms with Gasteiger partial charge in [-0.15, -0.1) is 11.6 Å². The maximum absolute atomic E-state index is 6.18. The van der Waals surface area contributed by atoms with E-state index in [0.717, 1.165) is 49.3 Å². The van der Waals surface area contributed by atoms with Crippen LogP contribution in [0.15, 0.2) is 24.4 Å². The van der Waals surface area contributed by atoms with E-state index >= 15 is 0 Å². The summed E-state index contributed by atoms with van der Waals surface area (Å²) in [6.45, 7) is 5.69. The molecule has 0 aromatic carbocycles. The van der Waals surface area contributed by atoms with Crippen molar-refractivity contribution in [2.75, 3.05) is 37.6 Å². The maximum atomic E-state index is 6.18. The van der Waals surface area contributed by atoms with E-state index in [0.29, 0.717) is 5.88 Å². The smallest absolute Gasteiger partial charge is 0.152 e. The molecule has 0 spiro atoms. The highest BCUT2D eigenvalue weighted by Crippen LogP contribution is 2.30. The minimum Gasteiger partial charge on any atom is -0.352 e. The Balaban J connectivity index is 1.53. The first-order valence-corrected chi connectivity index (χ1v) is 8.38. The maximum Gasteiger partial charge on any atom is 0.152 e. The van der Waals surface area contributed by atoms with Gasteiger partial charge in [0.05, 0.1) is 11.6 Å². The standard InChI is InChI=1S/C16H21ClN4/c17-11-14-16(18-15-3-1-2-6-21(14)15)20-9-7-19(8-10-20)12-13-4-5-13/h1-3,6,13H,4-5,7-12H2. The van der Waals surface area contributed by atoms with E-state index in [2.05, 4.69) is 14.2 Å². The third kappa shape index (κ3) is 2.62. The van der Waals surface area contributed by atoms with Gasteiger partial charge in [-0.1, -0.05) is 6.07 Å². The Kier molecular flexibility index (Phi) is 3.51. The minimum atomic E-state index is 0.503. The van der Waals surface area contributed by atoms with E-state index in [9.17, 15) is 0 Å². The van der Waals surface area contributed by atoms with Crippen molar-refractivity contribution in [1.82, 2.24) is 14.3 Å². The lowest BCUT2D eigenvalue weighted by Crippen LogP contribution is -2.47. The van der Waals surface area contributed by atoms with Gasteiger partial charge in [0.15, 0.2) is 5.82 Å². The Hall–Kier alpha value is -1.26. The van der Waals surface area contributed by atoms with Crippen molar-refractivity contribution in [3.05, 3.63) is 30.1 Å². The number of piperazine rings is 1. The highest BCUT2D eigenvalue weighted by atomic mass is 35.5. The van der Waals surface area contributed by atoms with E-state index in [-0.39, 0.29) is 0 Å². The lowest BCUT2D eigenvalue weighted by Gasteiger charge is -2.35. The van der Waals surface area contributed by atoms with E-state index in [1.54, 1.807) is 0 Å². The molecule has 0 radical (unpaired) electrons. The summed E-state index contributed by atoms with van der Waals surface area (Å²) in [5, 5.41) is 0. The summed E-state index contributed by atoms with van der Waals surface area (Å²) in [6, 6.07) is 6.10. The quantitative estimate of drug-likeness (QED) is 0.811. The fourth-order valence-corrected chi connectivity index (χ4v) is 3.47. The van der Waals surface area contributed by atoms with Crippen LogP contribution >= 0.6 is 11.6 Å². The Morgan fingerprint density at radius 1 is 1.14 bits per heavy atom. The van der Waals surface area contributed by atoms with Crippen LogP contribution in [0.4, 0.5) is 5.82 Å². The molecular formula is C16H21ClN4. The number of hydrogen-bond acceptors (Lipinski definition) is 3. The molecule has 4 rings (SSSR count). The number of halogens is 1. The second-order valence-electron chi connectivity index (χ2n) is 6.18. The third-order valence-corrected chi connectivity index (χ3v) is 4.87. The van der Waals surface area contributed by atoms with Crippen LogP contribution in [0.3, 0.4) is 0 Å². The first kappa shape index (κ1) is 13.4. The molecule has 3 heterocycles. The number of fused-ring (bicyclic) bond motifs is 1. The molecule has 1 aliphatic heterocycles. The average molecular weight is 305 g/mol. The SMILES string of the molecule is ClCc1c(N2CCN(CC3CC3)CC2)nc2ccccn12. The minimum absolute atomic E-state index is 0.503. The van der Waals surface area contributed by atoms with Gasteiger partial charge in [0.2, 0.25) is 0 Å². The van der Waals surface area contributed by atoms with Gasteiger partial charge in [-0.2, -0.15) is 0 Å². The predicted molar refractivity (Wildman–Crippen MR) is 86.1 cm³/mol. The number of nitrogens with zero attached hydrogens (tertiary/aromatic N) is 4. The van der Waals surface area contributed by atoms with E-state index in [1.165, 1.54) is 19.4 Å². The first-order valence-electron chi connectivity index (χ1n) is 7.84. The summed E-state index contributed by atoms with van der Waals surface area (Å²) in [7, 11) is 0. The van der Waals surface area contributed by atoms with Gasteiger partial charge in [0, 0.05) is 38.9 Å². The van der Waals surface area contributed by atoms with Crippen LogP contribution in [-0.2, 0) is 5.88 Å². The zero-order valence-electron chi connectivity index (χ0n) is 12.2. The number of alkyl halides is 1. The molecule has 0 amide bonds. The molecule has 0 unspecified atom stereocenters. The van der Waals surface area contributed by atoms with Crippen LogP contribution in [0.25, 0.3) is 5.65 Å². The molecule has 4 nitrogen and oxygen atoms in total. The fraction of sp³-hybridized carbons (Fsp3) is 0.562. The van der Waals surface area contributed by atoms with Crippen molar-refractivity contribution in [2.45, 2.75) is 18.7 Å². The predicted octanol–water partition coefficient (Wildman–Crippen LogP) is 2.61. The average Bonchev–Trinajstić information content (AvgIpc) is 3.26. The van der Waals surface area contributed by atoms with Crippen molar-refractivity contribution in [3.8, 4) is 0 Å². The van der Waals surface area contributed by atoms with Gasteiger partial charge >= 0.3 is 0 Å². The summed E-state index contributed by atoms with van der Waals surface area (Å²) < 4.78 is 2.11. The molecule has 0 atom stereocenters. The Morgan fingerprint density at radius 3 is 2.67 bits per heavy atom. The topological polar surface area (TPSA) is 23.8 Å². The number of aromatic nitrogens is 2. The molecule has 2 aliphatic rings. The van der Waals surface area contributed by atoms with Gasteiger partial charge in [-0.3, -0.25) is 4.90 Å². The lowest BCUT2D eigenvalue weighted by atomic mass is 10.2. The van der Waals surface area contributed by atoms with Crippen molar-refractivity contribution in [1.29, 1.82) is 0 Å². The van der Waals surface area contributed by atoms with Crippen molar-refractivity contribution in [3.63, 3.8) is 0 Å². The number of pyridine rings is 1. The van der Waals surface area contributed by atoms with Gasteiger partial charge in [0.1, 0.15) is 5.65 Å². The first-order chi connectivity index (χ1) is 10.3. The third-order valence-electron chi connectivity index (χ3n) is 4.62. The van der Waals surface area contributed by atoms with Crippen LogP contribution in [0.2, 0.25) is 0 Å². The summed E-state index contributed by atoms with van der Waals surface area (Å²) in [6.07, 6.45) is 4.92. The fourth-order valence-electron chi connectivity index (χ4n) is 3.22. The second kappa shape index (κ2) is 5.50. The molecule has 2 aromatic heterocycles. The van der Waals surface area contributed by atoms with E-state index in [4.69, 9.17) is 16.6 Å². The molecule has 1 saturated carbocycles. The van der Waals surface area contributed by atoms with Crippen molar-refractivity contribution in [2.24, 2.45) is 5.92 Å². The number of anilines is 1. The summed E-state index contributed by atoms with van der Waals surface area (Å²) in [5.74, 6) is 2.55. The zero-order chi connectivity index (χ0) is 14.2. The molecule has 21 heavy (non-hydrogen) atoms. The summed E-state index contributed by atoms with van der Waals surface area (Å²) in [5.41, 5.74) is 2.10. The highest BCUT2D eigenvalue weighted by molar-refractivity contribution is 6.17. The Bertz CT molecular complexity index is 626. The number of rotatable bonds is 4. The number of hydrogen-bond donors (Lipinski definition) is 0. The second-order valence-corrected chi connectivity index (χ2v) is 6.44. The van der Waals surface area contributed by atoms with Crippen LogP contribution in [-0.4, -0.2) is 47.0 Å². The van der Waals surface area contributed by atoms with E-state index in [1.807, 2.05) is 24.4 Å². The summed E-state index contributed by atoms with van der Waals surface area (Å²) in [4.78, 5) is 9.79. The zero-order valence-corrected chi connectivity index (χ0v) is 13.0. The van der Waals surface area contributed by atoms with Gasteiger partial charge < -0.3 is 9.30 Å². The Labute approximate surface area is 130 Å². The monoisotopic (exact) mass is 304 g/mol. The van der Waals surface area contributed by atoms with Gasteiger partial charge in [0.25, 0.3) is 0 Å². The van der Waals surface area contributed by atoms with Crippen molar-refractivity contribution < 1.29 is 0 Å². The van der Waals surface area contributed by atoms with Crippen LogP contribution in [0.5, 0.6) is 0 Å². The molecule has 2 fully saturated rings. The van der Waals surface area contributed by atoms with Gasteiger partial charge in [-0.05, 0) is 30.9 Å². The summed E-state index contributed by atoms with van der Waals surface area (Å²) >= 11 is 6.18. The lowest BCUT2D eigenvalue weighted by molar-refractivity contribution is 0.247. The van der Waals surface area contributed by atoms with Crippen LogP contribution in [0.1, 0.15) is 18.5 Å². The molecular weight excluding hydrogens is 284 g/mol. The molecule has 0 bridgehead atoms. The van der Waals surface area contributed by atoms with Crippen LogP contribution < -0.4 is 4.90 Å². The molecule has 1 aliphatic carbocycles. The van der Waals surface area contributed by atoms with E-state index < -0.39 is 0 Å². The van der Waals surface area contributed by atoms with Gasteiger partial charge in [-0.25, -0.2) is 4.98 Å². The Morgan fingerprint density at radius 2 is 1.95 bits per heavy atom. The normalized spacial score (nSPS) is 20.3. The van der Waals surface area contributed by atoms with Crippen LogP contribution in [0, 0.1) is 5.92 Å². The molecule has 0 N–H and O–H groups in total. The molecule has 112 valence electrons. The highest BCUT2D eigenvalue weighted by Gasteiger charge is 2.27. The molecule has 2 aromatic rings. The molecule has 5 heteroatoms. The molecule has 1 saturated heterocycles. The largest absolute Gasteiger partial charge is 0.352 e. The van der Waals surface area contributed by atoms with Crippen molar-refractivity contribution >= 4 is 23.1 Å². The number of imidazole rings is 1.